The molecule has 2 rings (SSSR count). The smallest absolute Gasteiger partial charge is 0.0733 e. The van der Waals surface area contributed by atoms with Gasteiger partial charge in [0.1, 0.15) is 0 Å². The van der Waals surface area contributed by atoms with Gasteiger partial charge in [-0.15, -0.1) is 0 Å². The van der Waals surface area contributed by atoms with Gasteiger partial charge in [-0.05, 0) is 26.3 Å². The van der Waals surface area contributed by atoms with Gasteiger partial charge in [0, 0.05) is 6.04 Å². The van der Waals surface area contributed by atoms with Gasteiger partial charge in [-0.2, -0.15) is 0 Å². The Morgan fingerprint density at radius 3 is 2.67 bits per heavy atom. The molecule has 0 spiro atoms. The predicted octanol–water partition coefficient (Wildman–Crippen LogP) is 0.526. The molecule has 2 heterocycles. The number of ether oxygens (including phenoxy) is 1. The Labute approximate surface area is 55.6 Å². The van der Waals surface area contributed by atoms with Gasteiger partial charge in [-0.25, -0.2) is 0 Å². The summed E-state index contributed by atoms with van der Waals surface area (Å²) in [6.45, 7) is 0. The van der Waals surface area contributed by atoms with E-state index in [0.29, 0.717) is 18.2 Å². The van der Waals surface area contributed by atoms with Gasteiger partial charge in [0.25, 0.3) is 0 Å². The van der Waals surface area contributed by atoms with E-state index in [1.165, 1.54) is 19.3 Å². The summed E-state index contributed by atoms with van der Waals surface area (Å²) in [6, 6.07) is 0.656. The van der Waals surface area contributed by atoms with Gasteiger partial charge in [-0.1, -0.05) is 0 Å². The summed E-state index contributed by atoms with van der Waals surface area (Å²) in [5.74, 6) is 0. The maximum absolute atomic E-state index is 5.61. The average Bonchev–Trinajstić information content (AvgIpc) is 2.45. The topological polar surface area (TPSA) is 21.3 Å². The molecule has 0 amide bonds. The maximum atomic E-state index is 5.61. The highest BCUT2D eigenvalue weighted by Gasteiger charge is 2.39. The minimum atomic E-state index is 0.542. The first-order valence-corrected chi connectivity index (χ1v) is 3.73. The average molecular weight is 127 g/mol. The van der Waals surface area contributed by atoms with Crippen molar-refractivity contribution < 1.29 is 4.74 Å². The number of rotatable bonds is 1. The molecular weight excluding hydrogens is 114 g/mol. The van der Waals surface area contributed by atoms with Crippen molar-refractivity contribution in [2.24, 2.45) is 0 Å². The number of hydrogen-bond acceptors (Lipinski definition) is 2. The predicted molar refractivity (Wildman–Crippen MR) is 35.4 cm³/mol. The van der Waals surface area contributed by atoms with Gasteiger partial charge in [0.15, 0.2) is 0 Å². The quantitative estimate of drug-likeness (QED) is 0.554. The Bertz CT molecular complexity index is 115. The molecule has 2 aliphatic rings. The fourth-order valence-electron chi connectivity index (χ4n) is 1.94. The van der Waals surface area contributed by atoms with Crippen molar-refractivity contribution in [2.75, 3.05) is 7.05 Å². The second-order valence-electron chi connectivity index (χ2n) is 3.00. The van der Waals surface area contributed by atoms with Crippen molar-refractivity contribution in [3.63, 3.8) is 0 Å². The second-order valence-corrected chi connectivity index (χ2v) is 3.00. The number of nitrogens with one attached hydrogen (secondary N) is 1. The minimum Gasteiger partial charge on any atom is -0.373 e. The lowest BCUT2D eigenvalue weighted by molar-refractivity contribution is 0.0983. The van der Waals surface area contributed by atoms with Gasteiger partial charge in [-0.3, -0.25) is 0 Å². The van der Waals surface area contributed by atoms with Gasteiger partial charge in [0.2, 0.25) is 0 Å². The molecule has 0 saturated carbocycles. The minimum absolute atomic E-state index is 0.542. The van der Waals surface area contributed by atoms with Crippen molar-refractivity contribution in [2.45, 2.75) is 37.5 Å². The summed E-state index contributed by atoms with van der Waals surface area (Å²) in [4.78, 5) is 0. The van der Waals surface area contributed by atoms with Crippen LogP contribution in [-0.4, -0.2) is 25.3 Å². The summed E-state index contributed by atoms with van der Waals surface area (Å²) in [6.07, 6.45) is 4.94. The van der Waals surface area contributed by atoms with Crippen LogP contribution in [0.25, 0.3) is 0 Å². The molecule has 2 aliphatic heterocycles. The van der Waals surface area contributed by atoms with Crippen LogP contribution < -0.4 is 5.32 Å². The largest absolute Gasteiger partial charge is 0.373 e. The third kappa shape index (κ3) is 0.775. The van der Waals surface area contributed by atoms with E-state index in [1.807, 2.05) is 7.05 Å². The van der Waals surface area contributed by atoms with Crippen molar-refractivity contribution in [3.05, 3.63) is 0 Å². The first-order valence-electron chi connectivity index (χ1n) is 3.73. The lowest BCUT2D eigenvalue weighted by atomic mass is 9.96. The summed E-state index contributed by atoms with van der Waals surface area (Å²) in [5.41, 5.74) is 0. The maximum Gasteiger partial charge on any atom is 0.0733 e. The van der Waals surface area contributed by atoms with Crippen LogP contribution >= 0.6 is 0 Å². The molecule has 2 saturated heterocycles. The van der Waals surface area contributed by atoms with Crippen LogP contribution in [0.2, 0.25) is 0 Å². The molecule has 2 bridgehead atoms. The molecule has 9 heavy (non-hydrogen) atoms. The van der Waals surface area contributed by atoms with Crippen LogP contribution in [0, 0.1) is 0 Å². The number of fused-ring (bicyclic) bond motifs is 2. The zero-order valence-electron chi connectivity index (χ0n) is 5.76. The lowest BCUT2D eigenvalue weighted by Crippen LogP contribution is -2.34. The van der Waals surface area contributed by atoms with E-state index in [9.17, 15) is 0 Å². The molecule has 0 aliphatic carbocycles. The Kier molecular flexibility index (Phi) is 1.24. The van der Waals surface area contributed by atoms with Crippen molar-refractivity contribution >= 4 is 0 Å². The zero-order chi connectivity index (χ0) is 6.27. The molecule has 2 fully saturated rings. The van der Waals surface area contributed by atoms with E-state index in [2.05, 4.69) is 5.32 Å². The first kappa shape index (κ1) is 5.69. The monoisotopic (exact) mass is 127 g/mol. The molecule has 3 atom stereocenters. The van der Waals surface area contributed by atoms with Gasteiger partial charge >= 0.3 is 0 Å². The van der Waals surface area contributed by atoms with E-state index >= 15 is 0 Å². The first-order chi connectivity index (χ1) is 4.40. The molecule has 0 unspecified atom stereocenters. The van der Waals surface area contributed by atoms with Gasteiger partial charge < -0.3 is 10.1 Å². The Morgan fingerprint density at radius 2 is 2.33 bits per heavy atom. The van der Waals surface area contributed by atoms with Crippen molar-refractivity contribution in [1.29, 1.82) is 0 Å². The molecule has 52 valence electrons. The van der Waals surface area contributed by atoms with E-state index in [1.54, 1.807) is 0 Å². The Hall–Kier alpha value is -0.0800. The second kappa shape index (κ2) is 1.96. The number of likely N-dealkylation sites (N-methyl/N-ethyl adjacent to an activating group) is 1. The molecular formula is C7H13NO. The fourth-order valence-corrected chi connectivity index (χ4v) is 1.94. The molecule has 1 N–H and O–H groups in total. The van der Waals surface area contributed by atoms with Crippen LogP contribution in [0.3, 0.4) is 0 Å². The van der Waals surface area contributed by atoms with Gasteiger partial charge in [0.05, 0.1) is 12.2 Å². The third-order valence-corrected chi connectivity index (χ3v) is 2.48. The molecule has 0 aromatic heterocycles. The highest BCUT2D eigenvalue weighted by atomic mass is 16.5. The summed E-state index contributed by atoms with van der Waals surface area (Å²) >= 11 is 0. The SMILES string of the molecule is CN[C@H]1C[C@@H]2CC[C@H]1O2. The standard InChI is InChI=1S/C7H13NO/c1-8-6-4-5-2-3-7(6)9-5/h5-8H,2-4H2,1H3/t5-,6-,7+/m0/s1. The van der Waals surface area contributed by atoms with E-state index in [-0.39, 0.29) is 0 Å². The van der Waals surface area contributed by atoms with E-state index in [0.717, 1.165) is 0 Å². The van der Waals surface area contributed by atoms with E-state index < -0.39 is 0 Å². The molecule has 0 aromatic rings. The summed E-state index contributed by atoms with van der Waals surface area (Å²) in [5, 5.41) is 3.27. The van der Waals surface area contributed by atoms with Crippen molar-refractivity contribution in [3.8, 4) is 0 Å². The van der Waals surface area contributed by atoms with Crippen molar-refractivity contribution in [1.82, 2.24) is 5.32 Å². The van der Waals surface area contributed by atoms with Crippen LogP contribution in [0.4, 0.5) is 0 Å². The highest BCUT2D eigenvalue weighted by molar-refractivity contribution is 4.92. The van der Waals surface area contributed by atoms with Crippen LogP contribution in [0.15, 0.2) is 0 Å². The fraction of sp³-hybridized carbons (Fsp3) is 1.00. The Balaban J connectivity index is 2.01. The normalized spacial score (nSPS) is 48.3. The summed E-state index contributed by atoms with van der Waals surface area (Å²) in [7, 11) is 2.02. The highest BCUT2D eigenvalue weighted by Crippen LogP contribution is 2.33. The van der Waals surface area contributed by atoms with Crippen LogP contribution in [0.1, 0.15) is 19.3 Å². The van der Waals surface area contributed by atoms with Crippen LogP contribution in [-0.2, 0) is 4.74 Å². The summed E-state index contributed by atoms with van der Waals surface area (Å²) < 4.78 is 5.61. The Morgan fingerprint density at radius 1 is 1.44 bits per heavy atom. The molecule has 2 nitrogen and oxygen atoms in total. The molecule has 0 radical (unpaired) electrons. The van der Waals surface area contributed by atoms with E-state index in [4.69, 9.17) is 4.74 Å². The zero-order valence-corrected chi connectivity index (χ0v) is 5.76. The molecule has 2 heteroatoms. The third-order valence-electron chi connectivity index (χ3n) is 2.48. The number of hydrogen-bond donors (Lipinski definition) is 1. The lowest BCUT2D eigenvalue weighted by Gasteiger charge is -2.16. The van der Waals surface area contributed by atoms with Crippen LogP contribution in [0.5, 0.6) is 0 Å². The molecule has 0 aromatic carbocycles.